The number of benzene rings is 2. The third-order valence-electron chi connectivity index (χ3n) is 3.26. The molecule has 0 radical (unpaired) electrons. The lowest BCUT2D eigenvalue weighted by atomic mass is 9.86. The number of fused-ring (bicyclic) bond motifs is 1. The highest BCUT2D eigenvalue weighted by molar-refractivity contribution is 5.84. The van der Waals surface area contributed by atoms with Gasteiger partial charge in [-0.3, -0.25) is 0 Å². The number of methoxy groups -OCH3 is 1. The molecule has 0 aromatic heterocycles. The van der Waals surface area contributed by atoms with E-state index in [1.807, 2.05) is 30.3 Å². The van der Waals surface area contributed by atoms with Crippen LogP contribution in [0.15, 0.2) is 36.4 Å². The van der Waals surface area contributed by atoms with Crippen molar-refractivity contribution < 1.29 is 9.84 Å². The highest BCUT2D eigenvalue weighted by Gasteiger charge is 2.18. The molecule has 0 bridgehead atoms. The summed E-state index contributed by atoms with van der Waals surface area (Å²) in [7, 11) is 1.67. The van der Waals surface area contributed by atoms with Crippen LogP contribution in [-0.2, 0) is 0 Å². The summed E-state index contributed by atoms with van der Waals surface area (Å²) in [6, 6.07) is 12.1. The Labute approximate surface area is 115 Å². The van der Waals surface area contributed by atoms with E-state index in [1.54, 1.807) is 7.11 Å². The van der Waals surface area contributed by atoms with E-state index in [2.05, 4.69) is 26.8 Å². The molecular weight excluding hydrogens is 236 g/mol. The Kier molecular flexibility index (Phi) is 3.81. The smallest absolute Gasteiger partial charge is 0.119 e. The molecular formula is C17H22O2. The molecule has 2 aromatic carbocycles. The van der Waals surface area contributed by atoms with Gasteiger partial charge in [0.2, 0.25) is 0 Å². The van der Waals surface area contributed by atoms with Crippen molar-refractivity contribution >= 4 is 10.8 Å². The molecule has 0 saturated carbocycles. The molecule has 1 unspecified atom stereocenters. The fourth-order valence-corrected chi connectivity index (χ4v) is 2.27. The maximum Gasteiger partial charge on any atom is 0.119 e. The van der Waals surface area contributed by atoms with Gasteiger partial charge in [0.05, 0.1) is 13.2 Å². The predicted molar refractivity (Wildman–Crippen MR) is 79.5 cm³/mol. The fraction of sp³-hybridized carbons (Fsp3) is 0.412. The summed E-state index contributed by atoms with van der Waals surface area (Å²) in [5, 5.41) is 12.6. The molecule has 0 saturated heterocycles. The van der Waals surface area contributed by atoms with E-state index < -0.39 is 6.10 Å². The summed E-state index contributed by atoms with van der Waals surface area (Å²) in [5.41, 5.74) is 1.10. The van der Waals surface area contributed by atoms with Crippen LogP contribution in [0.25, 0.3) is 10.8 Å². The Morgan fingerprint density at radius 2 is 1.68 bits per heavy atom. The van der Waals surface area contributed by atoms with Crippen LogP contribution in [0.4, 0.5) is 0 Å². The summed E-state index contributed by atoms with van der Waals surface area (Å²) in [5.74, 6) is 0.857. The molecule has 1 atom stereocenters. The van der Waals surface area contributed by atoms with Crippen LogP contribution >= 0.6 is 0 Å². The Morgan fingerprint density at radius 1 is 1.05 bits per heavy atom. The van der Waals surface area contributed by atoms with Crippen molar-refractivity contribution in [3.63, 3.8) is 0 Å². The Hall–Kier alpha value is -1.54. The van der Waals surface area contributed by atoms with Crippen molar-refractivity contribution in [2.75, 3.05) is 7.11 Å². The van der Waals surface area contributed by atoms with Crippen LogP contribution in [0.2, 0.25) is 0 Å². The molecule has 0 heterocycles. The van der Waals surface area contributed by atoms with Crippen LogP contribution in [0, 0.1) is 5.41 Å². The topological polar surface area (TPSA) is 29.5 Å². The lowest BCUT2D eigenvalue weighted by molar-refractivity contribution is 0.122. The van der Waals surface area contributed by atoms with E-state index in [4.69, 9.17) is 4.74 Å². The molecule has 0 amide bonds. The molecule has 19 heavy (non-hydrogen) atoms. The van der Waals surface area contributed by atoms with Gasteiger partial charge in [-0.05, 0) is 46.4 Å². The number of ether oxygens (including phenoxy) is 1. The molecule has 0 spiro atoms. The van der Waals surface area contributed by atoms with Gasteiger partial charge in [0.25, 0.3) is 0 Å². The third-order valence-corrected chi connectivity index (χ3v) is 3.26. The summed E-state index contributed by atoms with van der Waals surface area (Å²) in [6.45, 7) is 6.42. The van der Waals surface area contributed by atoms with Crippen molar-refractivity contribution in [2.45, 2.75) is 33.3 Å². The van der Waals surface area contributed by atoms with Crippen LogP contribution in [0.5, 0.6) is 5.75 Å². The van der Waals surface area contributed by atoms with Crippen molar-refractivity contribution in [3.8, 4) is 5.75 Å². The Bertz CT molecular complexity index is 567. The molecule has 2 heteroatoms. The van der Waals surface area contributed by atoms with Crippen LogP contribution in [0.1, 0.15) is 38.9 Å². The van der Waals surface area contributed by atoms with E-state index in [1.165, 1.54) is 0 Å². The Balaban J connectivity index is 2.31. The number of aliphatic hydroxyl groups is 1. The number of rotatable bonds is 3. The van der Waals surface area contributed by atoms with Gasteiger partial charge < -0.3 is 9.84 Å². The summed E-state index contributed by atoms with van der Waals surface area (Å²) >= 11 is 0. The quantitative estimate of drug-likeness (QED) is 0.888. The maximum absolute atomic E-state index is 10.3. The minimum Gasteiger partial charge on any atom is -0.497 e. The first-order chi connectivity index (χ1) is 8.89. The molecule has 0 fully saturated rings. The number of hydrogen-bond donors (Lipinski definition) is 1. The van der Waals surface area contributed by atoms with Crippen molar-refractivity contribution in [1.82, 2.24) is 0 Å². The molecule has 0 aliphatic rings. The summed E-state index contributed by atoms with van der Waals surface area (Å²) in [6.07, 6.45) is 0.348. The normalized spacial score (nSPS) is 13.5. The molecule has 2 rings (SSSR count). The van der Waals surface area contributed by atoms with Gasteiger partial charge in [0.1, 0.15) is 5.75 Å². The zero-order valence-corrected chi connectivity index (χ0v) is 12.1. The van der Waals surface area contributed by atoms with Crippen molar-refractivity contribution in [3.05, 3.63) is 42.0 Å². The highest BCUT2D eigenvalue weighted by atomic mass is 16.5. The first kappa shape index (κ1) is 13.9. The largest absolute Gasteiger partial charge is 0.497 e. The predicted octanol–water partition coefficient (Wildman–Crippen LogP) is 4.32. The fourth-order valence-electron chi connectivity index (χ4n) is 2.27. The van der Waals surface area contributed by atoms with Crippen LogP contribution < -0.4 is 4.74 Å². The molecule has 0 aliphatic heterocycles. The standard InChI is InChI=1S/C17H22O2/c1-17(2,3)11-16(18)14-6-5-13-10-15(19-4)8-7-12(13)9-14/h5-10,16,18H,11H2,1-4H3. The monoisotopic (exact) mass is 258 g/mol. The van der Waals surface area contributed by atoms with E-state index in [-0.39, 0.29) is 5.41 Å². The van der Waals surface area contributed by atoms with E-state index in [0.717, 1.165) is 28.5 Å². The average molecular weight is 258 g/mol. The second-order valence-electron chi connectivity index (χ2n) is 6.25. The second-order valence-corrected chi connectivity index (χ2v) is 6.25. The van der Waals surface area contributed by atoms with E-state index >= 15 is 0 Å². The summed E-state index contributed by atoms with van der Waals surface area (Å²) < 4.78 is 5.22. The SMILES string of the molecule is COc1ccc2cc(C(O)CC(C)(C)C)ccc2c1. The Morgan fingerprint density at radius 3 is 2.32 bits per heavy atom. The van der Waals surface area contributed by atoms with Gasteiger partial charge in [-0.1, -0.05) is 39.0 Å². The third kappa shape index (κ3) is 3.48. The van der Waals surface area contributed by atoms with Gasteiger partial charge in [0, 0.05) is 0 Å². The van der Waals surface area contributed by atoms with Gasteiger partial charge in [-0.15, -0.1) is 0 Å². The van der Waals surface area contributed by atoms with E-state index in [0.29, 0.717) is 0 Å². The highest BCUT2D eigenvalue weighted by Crippen LogP contribution is 2.31. The average Bonchev–Trinajstić information content (AvgIpc) is 2.35. The first-order valence-corrected chi connectivity index (χ1v) is 6.65. The van der Waals surface area contributed by atoms with Gasteiger partial charge in [0.15, 0.2) is 0 Å². The number of hydrogen-bond acceptors (Lipinski definition) is 2. The van der Waals surface area contributed by atoms with Crippen LogP contribution in [0.3, 0.4) is 0 Å². The minimum atomic E-state index is -0.411. The van der Waals surface area contributed by atoms with Crippen LogP contribution in [-0.4, -0.2) is 12.2 Å². The molecule has 2 nitrogen and oxygen atoms in total. The van der Waals surface area contributed by atoms with Crippen molar-refractivity contribution in [1.29, 1.82) is 0 Å². The lowest BCUT2D eigenvalue weighted by Gasteiger charge is -2.22. The molecule has 102 valence electrons. The maximum atomic E-state index is 10.3. The molecule has 2 aromatic rings. The zero-order chi connectivity index (χ0) is 14.0. The first-order valence-electron chi connectivity index (χ1n) is 6.65. The summed E-state index contributed by atoms with van der Waals surface area (Å²) in [4.78, 5) is 0. The van der Waals surface area contributed by atoms with Gasteiger partial charge in [-0.25, -0.2) is 0 Å². The molecule has 1 N–H and O–H groups in total. The van der Waals surface area contributed by atoms with Gasteiger partial charge in [-0.2, -0.15) is 0 Å². The minimum absolute atomic E-state index is 0.119. The zero-order valence-electron chi connectivity index (χ0n) is 12.1. The lowest BCUT2D eigenvalue weighted by Crippen LogP contribution is -2.11. The number of aliphatic hydroxyl groups excluding tert-OH is 1. The van der Waals surface area contributed by atoms with E-state index in [9.17, 15) is 5.11 Å². The second kappa shape index (κ2) is 5.22. The van der Waals surface area contributed by atoms with Crippen molar-refractivity contribution in [2.24, 2.45) is 5.41 Å². The van der Waals surface area contributed by atoms with Gasteiger partial charge >= 0.3 is 0 Å². The molecule has 0 aliphatic carbocycles.